The molecule has 1 aromatic heterocycles. The number of aliphatic hydroxyl groups excluding tert-OH is 2. The second-order valence-corrected chi connectivity index (χ2v) is 15.8. The molecule has 0 bridgehead atoms. The van der Waals surface area contributed by atoms with Gasteiger partial charge in [0.2, 0.25) is 0 Å². The molecule has 18 nitrogen and oxygen atoms in total. The van der Waals surface area contributed by atoms with E-state index in [1.165, 1.54) is 9.80 Å². The molecule has 2 saturated heterocycles. The second-order valence-electron chi connectivity index (χ2n) is 15.8. The number of H-pyrrole nitrogens is 1. The number of anilines is 4. The molecule has 2 fully saturated rings. The van der Waals surface area contributed by atoms with Crippen LogP contribution in [0, 0.1) is 5.41 Å². The molecule has 8 N–H and O–H groups in total. The van der Waals surface area contributed by atoms with Crippen molar-refractivity contribution < 1.29 is 43.4 Å². The molecule has 4 atom stereocenters. The van der Waals surface area contributed by atoms with Crippen molar-refractivity contribution in [2.45, 2.75) is 24.4 Å². The number of amides is 4. The highest BCUT2D eigenvalue weighted by molar-refractivity contribution is 6.05. The number of hydrogen-bond acceptors (Lipinski definition) is 12. The lowest BCUT2D eigenvalue weighted by molar-refractivity contribution is -0.150. The van der Waals surface area contributed by atoms with E-state index in [0.717, 1.165) is 22.3 Å². The van der Waals surface area contributed by atoms with E-state index in [0.29, 0.717) is 47.0 Å². The Bertz CT molecular complexity index is 3000. The third kappa shape index (κ3) is 11.2. The number of carbonyl (C=O) groups is 4. The highest BCUT2D eigenvalue weighted by Crippen LogP contribution is 2.29. The number of nitrogens with zero attached hydrogens (tertiary/aromatic N) is 3. The van der Waals surface area contributed by atoms with E-state index in [9.17, 15) is 34.2 Å². The first-order valence-electron chi connectivity index (χ1n) is 21.7. The van der Waals surface area contributed by atoms with Crippen LogP contribution < -0.4 is 31.9 Å². The van der Waals surface area contributed by atoms with Crippen LogP contribution >= 0.6 is 0 Å². The molecule has 0 radical (unpaired) electrons. The lowest BCUT2D eigenvalue weighted by Crippen LogP contribution is -2.55. The van der Waals surface area contributed by atoms with Gasteiger partial charge in [-0.2, -0.15) is 0 Å². The van der Waals surface area contributed by atoms with Crippen molar-refractivity contribution in [3.8, 4) is 33.6 Å². The average Bonchev–Trinajstić information content (AvgIpc) is 3.83. The number of aromatic nitrogens is 2. The number of ether oxygens (including phenoxy) is 2. The van der Waals surface area contributed by atoms with Crippen molar-refractivity contribution >= 4 is 52.2 Å². The summed E-state index contributed by atoms with van der Waals surface area (Å²) in [6, 6.07) is 47.3. The largest absolute Gasteiger partial charge is 0.439 e. The molecule has 9 rings (SSSR count). The topological polar surface area (TPSA) is 266 Å². The molecular formula is C51H46N8O10. The van der Waals surface area contributed by atoms with Crippen LogP contribution in [0.3, 0.4) is 0 Å². The number of nitrogens with one attached hydrogen (secondary N) is 4. The smallest absolute Gasteiger partial charge is 0.384 e. The highest BCUT2D eigenvalue weighted by atomic mass is 16.5. The molecule has 7 aromatic rings. The first-order valence-corrected chi connectivity index (χ1v) is 21.7. The van der Waals surface area contributed by atoms with Gasteiger partial charge < -0.3 is 45.9 Å². The standard InChI is InChI=1S/C26H22N4O6.C25H24N4O4/c31-21(24(32)27-19-11-9-17(10-12-19)23-28-26(34)36-29-23)22-25(33)30(13-14-35-22)20-8-4-7-18(15-20)16-5-2-1-3-6-16;26-23(27)17-9-11-19(12-10-17)28-24(31)21(30)22-25(32)29(13-14-33-22)20-8-4-7-18(15-20)16-5-2-1-3-6-16/h1-12,15,21-22,31H,13-14H2,(H,27,32)(H,28,29,34);1-12,15,21-22,30H,13-14H2,(H3,26,27)(H,28,31)/t2*21-,22-/m11/s1. The normalized spacial score (nSPS) is 16.7. The van der Waals surface area contributed by atoms with Gasteiger partial charge in [-0.25, -0.2) is 4.79 Å². The maximum atomic E-state index is 13.2. The number of morpholine rings is 2. The molecule has 18 heteroatoms. The van der Waals surface area contributed by atoms with Crippen LogP contribution in [-0.4, -0.2) is 101 Å². The molecule has 0 saturated carbocycles. The summed E-state index contributed by atoms with van der Waals surface area (Å²) in [6.07, 6.45) is -6.08. The Hall–Kier alpha value is -8.55. The molecule has 0 aliphatic carbocycles. The van der Waals surface area contributed by atoms with E-state index >= 15 is 0 Å². The monoisotopic (exact) mass is 930 g/mol. The fourth-order valence-corrected chi connectivity index (χ4v) is 7.65. The zero-order valence-electron chi connectivity index (χ0n) is 36.7. The number of amidine groups is 1. The Morgan fingerprint density at radius 1 is 0.609 bits per heavy atom. The van der Waals surface area contributed by atoms with E-state index < -0.39 is 53.8 Å². The van der Waals surface area contributed by atoms with Gasteiger partial charge in [-0.05, 0) is 95.1 Å². The average molecular weight is 931 g/mol. The summed E-state index contributed by atoms with van der Waals surface area (Å²) in [4.78, 5) is 68.2. The van der Waals surface area contributed by atoms with Gasteiger partial charge in [-0.15, -0.1) is 0 Å². The summed E-state index contributed by atoms with van der Waals surface area (Å²) in [6.45, 7) is 0.965. The molecule has 4 amide bonds. The van der Waals surface area contributed by atoms with E-state index in [1.807, 2.05) is 109 Å². The fraction of sp³-hybridized carbons (Fsp3) is 0.157. The minimum absolute atomic E-state index is 0.0921. The number of nitrogens with two attached hydrogens (primary N) is 1. The maximum Gasteiger partial charge on any atom is 0.439 e. The van der Waals surface area contributed by atoms with E-state index in [4.69, 9.17) is 20.6 Å². The molecule has 6 aromatic carbocycles. The number of aromatic amines is 1. The van der Waals surface area contributed by atoms with Crippen LogP contribution in [0.5, 0.6) is 0 Å². The number of hydrogen-bond donors (Lipinski definition) is 7. The molecule has 350 valence electrons. The second kappa shape index (κ2) is 21.4. The minimum Gasteiger partial charge on any atom is -0.384 e. The number of benzene rings is 6. The van der Waals surface area contributed by atoms with Gasteiger partial charge in [-0.1, -0.05) is 90.1 Å². The van der Waals surface area contributed by atoms with Crippen LogP contribution in [0.2, 0.25) is 0 Å². The van der Waals surface area contributed by atoms with Crippen molar-refractivity contribution in [3.63, 3.8) is 0 Å². The first-order chi connectivity index (χ1) is 33.4. The molecule has 2 aliphatic rings. The molecule has 3 heterocycles. The quantitative estimate of drug-likeness (QED) is 0.0644. The third-order valence-corrected chi connectivity index (χ3v) is 11.2. The zero-order chi connectivity index (χ0) is 48.4. The Kier molecular flexibility index (Phi) is 14.6. The van der Waals surface area contributed by atoms with Gasteiger partial charge in [0, 0.05) is 47.0 Å². The van der Waals surface area contributed by atoms with Crippen molar-refractivity contribution in [2.75, 3.05) is 46.7 Å². The third-order valence-electron chi connectivity index (χ3n) is 11.2. The predicted octanol–water partition coefficient (Wildman–Crippen LogP) is 4.80. The van der Waals surface area contributed by atoms with Gasteiger partial charge in [0.05, 0.1) is 13.2 Å². The summed E-state index contributed by atoms with van der Waals surface area (Å²) >= 11 is 0. The molecule has 0 unspecified atom stereocenters. The van der Waals surface area contributed by atoms with Crippen molar-refractivity contribution in [1.29, 1.82) is 5.41 Å². The van der Waals surface area contributed by atoms with Crippen LogP contribution in [0.15, 0.2) is 167 Å². The molecule has 0 spiro atoms. The molecule has 69 heavy (non-hydrogen) atoms. The van der Waals surface area contributed by atoms with Gasteiger partial charge in [0.1, 0.15) is 5.84 Å². The predicted molar refractivity (Wildman–Crippen MR) is 257 cm³/mol. The van der Waals surface area contributed by atoms with Gasteiger partial charge in [0.15, 0.2) is 30.2 Å². The maximum absolute atomic E-state index is 13.2. The van der Waals surface area contributed by atoms with E-state index in [1.54, 1.807) is 48.5 Å². The van der Waals surface area contributed by atoms with E-state index in [-0.39, 0.29) is 24.9 Å². The van der Waals surface area contributed by atoms with Gasteiger partial charge >= 0.3 is 5.76 Å². The number of carbonyl (C=O) groups excluding carboxylic acids is 4. The summed E-state index contributed by atoms with van der Waals surface area (Å²) in [5.41, 5.74) is 12.5. The number of nitrogen functional groups attached to an aromatic ring is 1. The van der Waals surface area contributed by atoms with Gasteiger partial charge in [0.25, 0.3) is 23.6 Å². The Morgan fingerprint density at radius 3 is 1.46 bits per heavy atom. The fourth-order valence-electron chi connectivity index (χ4n) is 7.65. The Labute approximate surface area is 394 Å². The summed E-state index contributed by atoms with van der Waals surface area (Å²) in [7, 11) is 0. The Morgan fingerprint density at radius 2 is 1.04 bits per heavy atom. The van der Waals surface area contributed by atoms with Crippen LogP contribution in [0.25, 0.3) is 33.6 Å². The number of rotatable bonds is 12. The molecular weight excluding hydrogens is 885 g/mol. The van der Waals surface area contributed by atoms with Crippen molar-refractivity contribution in [3.05, 3.63) is 174 Å². The van der Waals surface area contributed by atoms with Crippen LogP contribution in [0.4, 0.5) is 22.7 Å². The van der Waals surface area contributed by atoms with Crippen molar-refractivity contribution in [2.24, 2.45) is 5.73 Å². The van der Waals surface area contributed by atoms with Crippen LogP contribution in [0.1, 0.15) is 5.56 Å². The summed E-state index contributed by atoms with van der Waals surface area (Å²) in [5, 5.41) is 37.4. The lowest BCUT2D eigenvalue weighted by Gasteiger charge is -2.34. The lowest BCUT2D eigenvalue weighted by atomic mass is 10.0. The van der Waals surface area contributed by atoms with E-state index in [2.05, 4.69) is 25.3 Å². The summed E-state index contributed by atoms with van der Waals surface area (Å²) in [5.74, 6) is -3.05. The first kappa shape index (κ1) is 47.0. The Balaban J connectivity index is 0.000000187. The van der Waals surface area contributed by atoms with Crippen LogP contribution in [-0.2, 0) is 28.7 Å². The highest BCUT2D eigenvalue weighted by Gasteiger charge is 2.41. The minimum atomic E-state index is -1.72. The van der Waals surface area contributed by atoms with Gasteiger partial charge in [-0.3, -0.25) is 34.1 Å². The molecule has 2 aliphatic heterocycles. The number of aliphatic hydroxyl groups is 2. The SMILES string of the molecule is N=C(N)c1ccc(NC(=O)[C@H](O)[C@H]2OCCN(c3cccc(-c4ccccc4)c3)C2=O)cc1.O=C(Nc1ccc(-c2noc(=O)[nH]2)cc1)[C@H](O)[C@H]1OCCN(c2cccc(-c3ccccc3)c2)C1=O. The van der Waals surface area contributed by atoms with Crippen molar-refractivity contribution in [1.82, 2.24) is 10.1 Å². The summed E-state index contributed by atoms with van der Waals surface area (Å²) < 4.78 is 15.5. The zero-order valence-corrected chi connectivity index (χ0v) is 36.7.